The van der Waals surface area contributed by atoms with Crippen LogP contribution in [-0.2, 0) is 19.1 Å². The van der Waals surface area contributed by atoms with E-state index in [1.807, 2.05) is 0 Å². The van der Waals surface area contributed by atoms with Gasteiger partial charge in [0.2, 0.25) is 0 Å². The van der Waals surface area contributed by atoms with E-state index in [2.05, 4.69) is 32.6 Å². The van der Waals surface area contributed by atoms with Gasteiger partial charge in [-0.05, 0) is 70.9 Å². The Morgan fingerprint density at radius 2 is 0.655 bits per heavy atom. The third kappa shape index (κ3) is 36.9. The summed E-state index contributed by atoms with van der Waals surface area (Å²) in [4.78, 5) is 28.4. The Labute approximate surface area is 343 Å². The van der Waals surface area contributed by atoms with Gasteiger partial charge in [0, 0.05) is 13.2 Å². The summed E-state index contributed by atoms with van der Waals surface area (Å²) < 4.78 is 11.6. The van der Waals surface area contributed by atoms with E-state index in [9.17, 15) is 14.7 Å². The number of hydrogen-bond donors (Lipinski definition) is 1. The van der Waals surface area contributed by atoms with Crippen molar-refractivity contribution in [1.82, 2.24) is 4.90 Å². The molecule has 0 aromatic carbocycles. The minimum atomic E-state index is 0.0550. The highest BCUT2D eigenvalue weighted by Gasteiger charge is 2.20. The van der Waals surface area contributed by atoms with E-state index in [-0.39, 0.29) is 30.4 Å². The first-order valence-electron chi connectivity index (χ1n) is 24.7. The third-order valence-electron chi connectivity index (χ3n) is 11.6. The Balaban J connectivity index is 4.20. The second-order valence-electron chi connectivity index (χ2n) is 17.0. The lowest BCUT2D eigenvalue weighted by atomic mass is 9.94. The number of carbonyl (C=O) groups excluding carboxylic acids is 2. The van der Waals surface area contributed by atoms with Crippen molar-refractivity contribution in [2.75, 3.05) is 39.5 Å². The zero-order valence-electron chi connectivity index (χ0n) is 37.7. The van der Waals surface area contributed by atoms with Crippen LogP contribution in [0.4, 0.5) is 0 Å². The number of hydrogen-bond acceptors (Lipinski definition) is 6. The second kappa shape index (κ2) is 44.0. The van der Waals surface area contributed by atoms with Gasteiger partial charge in [0.15, 0.2) is 0 Å². The first kappa shape index (κ1) is 53.9. The van der Waals surface area contributed by atoms with Gasteiger partial charge in [-0.15, -0.1) is 0 Å². The van der Waals surface area contributed by atoms with Crippen molar-refractivity contribution in [3.05, 3.63) is 0 Å². The van der Waals surface area contributed by atoms with Crippen LogP contribution < -0.4 is 0 Å². The van der Waals surface area contributed by atoms with Gasteiger partial charge in [0.25, 0.3) is 0 Å². The molecule has 0 radical (unpaired) electrons. The molecule has 0 heterocycles. The van der Waals surface area contributed by atoms with Crippen molar-refractivity contribution in [3.8, 4) is 0 Å². The van der Waals surface area contributed by atoms with Gasteiger partial charge >= 0.3 is 11.9 Å². The molecule has 0 aromatic rings. The molecule has 0 saturated heterocycles. The average molecular weight is 780 g/mol. The van der Waals surface area contributed by atoms with Crippen molar-refractivity contribution in [2.45, 2.75) is 252 Å². The van der Waals surface area contributed by atoms with Crippen molar-refractivity contribution < 1.29 is 24.2 Å². The molecule has 0 aliphatic heterocycles. The van der Waals surface area contributed by atoms with Gasteiger partial charge in [0.05, 0.1) is 25.0 Å². The molecule has 6 heteroatoms. The molecule has 0 amide bonds. The molecule has 0 saturated carbocycles. The quantitative estimate of drug-likeness (QED) is 0.0490. The minimum Gasteiger partial charge on any atom is -0.465 e. The number of unbranched alkanes of at least 4 members (excludes halogenated alkanes) is 24. The molecule has 1 N–H and O–H groups in total. The Hall–Kier alpha value is -1.14. The SMILES string of the molecule is CCCCCCCCC(CCCCCC)C(=O)OCCCCCCCCN(CCCO)CCCCCCOC(=O)C(CCCCCC)CCCCCCCC. The molecular weight excluding hydrogens is 683 g/mol. The number of nitrogens with zero attached hydrogens (tertiary/aromatic N) is 1. The Bertz CT molecular complexity index is 791. The van der Waals surface area contributed by atoms with Crippen LogP contribution in [0, 0.1) is 11.8 Å². The standard InChI is InChI=1S/C49H97NO5/c1-5-9-13-17-21-29-38-46(36-27-15-11-7-3)48(52)54-44-33-25-20-19-23-31-40-50(42-35-43-51)41-32-24-26-34-45-55-49(53)47(37-28-16-12-8-4)39-30-22-18-14-10-6-2/h46-47,51H,5-45H2,1-4H3. The summed E-state index contributed by atoms with van der Waals surface area (Å²) in [6, 6.07) is 0. The van der Waals surface area contributed by atoms with E-state index < -0.39 is 0 Å². The van der Waals surface area contributed by atoms with Crippen molar-refractivity contribution in [1.29, 1.82) is 0 Å². The fourth-order valence-electron chi connectivity index (χ4n) is 7.88. The molecule has 0 bridgehead atoms. The molecule has 55 heavy (non-hydrogen) atoms. The number of aliphatic hydroxyl groups is 1. The van der Waals surface area contributed by atoms with Crippen LogP contribution in [0.1, 0.15) is 252 Å². The topological polar surface area (TPSA) is 76.1 Å². The molecule has 0 spiro atoms. The molecule has 6 nitrogen and oxygen atoms in total. The monoisotopic (exact) mass is 780 g/mol. The second-order valence-corrected chi connectivity index (χ2v) is 17.0. The Morgan fingerprint density at radius 3 is 1.00 bits per heavy atom. The fraction of sp³-hybridized carbons (Fsp3) is 0.959. The summed E-state index contributed by atoms with van der Waals surface area (Å²) >= 11 is 0. The summed E-state index contributed by atoms with van der Waals surface area (Å²) in [6.07, 6.45) is 41.2. The lowest BCUT2D eigenvalue weighted by Crippen LogP contribution is -2.28. The molecule has 0 rings (SSSR count). The number of esters is 2. The summed E-state index contributed by atoms with van der Waals surface area (Å²) in [7, 11) is 0. The van der Waals surface area contributed by atoms with Gasteiger partial charge in [-0.25, -0.2) is 0 Å². The molecule has 0 fully saturated rings. The van der Waals surface area contributed by atoms with E-state index in [4.69, 9.17) is 9.47 Å². The predicted octanol–water partition coefficient (Wildman–Crippen LogP) is 14.3. The summed E-state index contributed by atoms with van der Waals surface area (Å²) in [5, 5.41) is 9.44. The van der Waals surface area contributed by atoms with Gasteiger partial charge in [0.1, 0.15) is 0 Å². The van der Waals surface area contributed by atoms with E-state index in [0.29, 0.717) is 13.2 Å². The van der Waals surface area contributed by atoms with Gasteiger partial charge in [-0.1, -0.05) is 195 Å². The normalized spacial score (nSPS) is 12.7. The maximum atomic E-state index is 12.9. The van der Waals surface area contributed by atoms with Crippen LogP contribution in [0.25, 0.3) is 0 Å². The van der Waals surface area contributed by atoms with Crippen molar-refractivity contribution in [2.24, 2.45) is 11.8 Å². The molecular formula is C49H97NO5. The maximum Gasteiger partial charge on any atom is 0.308 e. The fourth-order valence-corrected chi connectivity index (χ4v) is 7.88. The number of aliphatic hydroxyl groups excluding tert-OH is 1. The third-order valence-corrected chi connectivity index (χ3v) is 11.6. The van der Waals surface area contributed by atoms with E-state index in [1.54, 1.807) is 0 Å². The molecule has 2 atom stereocenters. The van der Waals surface area contributed by atoms with Gasteiger partial charge in [-0.3, -0.25) is 9.59 Å². The molecule has 328 valence electrons. The lowest BCUT2D eigenvalue weighted by Gasteiger charge is -2.22. The van der Waals surface area contributed by atoms with Gasteiger partial charge in [-0.2, -0.15) is 0 Å². The summed E-state index contributed by atoms with van der Waals surface area (Å²) in [5.41, 5.74) is 0. The van der Waals surface area contributed by atoms with Crippen LogP contribution >= 0.6 is 0 Å². The zero-order valence-corrected chi connectivity index (χ0v) is 37.7. The average Bonchev–Trinajstić information content (AvgIpc) is 3.19. The van der Waals surface area contributed by atoms with Crippen LogP contribution in [0.15, 0.2) is 0 Å². The first-order valence-corrected chi connectivity index (χ1v) is 24.7. The highest BCUT2D eigenvalue weighted by atomic mass is 16.5. The largest absolute Gasteiger partial charge is 0.465 e. The van der Waals surface area contributed by atoms with Crippen LogP contribution in [0.5, 0.6) is 0 Å². The first-order chi connectivity index (χ1) is 27.0. The van der Waals surface area contributed by atoms with E-state index in [0.717, 1.165) is 116 Å². The number of carbonyl (C=O) groups is 2. The number of rotatable bonds is 45. The van der Waals surface area contributed by atoms with E-state index >= 15 is 0 Å². The molecule has 0 aliphatic rings. The van der Waals surface area contributed by atoms with Crippen LogP contribution in [0.2, 0.25) is 0 Å². The van der Waals surface area contributed by atoms with E-state index in [1.165, 1.54) is 128 Å². The molecule has 0 aromatic heterocycles. The Morgan fingerprint density at radius 1 is 0.382 bits per heavy atom. The summed E-state index contributed by atoms with van der Waals surface area (Å²) in [5.74, 6) is 0.310. The highest BCUT2D eigenvalue weighted by molar-refractivity contribution is 5.72. The zero-order chi connectivity index (χ0) is 40.3. The molecule has 0 aliphatic carbocycles. The smallest absolute Gasteiger partial charge is 0.308 e. The predicted molar refractivity (Wildman–Crippen MR) is 237 cm³/mol. The molecule has 2 unspecified atom stereocenters. The highest BCUT2D eigenvalue weighted by Crippen LogP contribution is 2.22. The van der Waals surface area contributed by atoms with Crippen LogP contribution in [-0.4, -0.2) is 61.4 Å². The van der Waals surface area contributed by atoms with Crippen LogP contribution in [0.3, 0.4) is 0 Å². The maximum absolute atomic E-state index is 12.9. The Kier molecular flexibility index (Phi) is 43.1. The summed E-state index contributed by atoms with van der Waals surface area (Å²) in [6.45, 7) is 13.6. The van der Waals surface area contributed by atoms with Crippen molar-refractivity contribution in [3.63, 3.8) is 0 Å². The number of ether oxygens (including phenoxy) is 2. The lowest BCUT2D eigenvalue weighted by molar-refractivity contribution is -0.150. The minimum absolute atomic E-state index is 0.0550. The van der Waals surface area contributed by atoms with Gasteiger partial charge < -0.3 is 19.5 Å². The van der Waals surface area contributed by atoms with Crippen molar-refractivity contribution >= 4 is 11.9 Å².